The Kier molecular flexibility index (Phi) is 4.50. The van der Waals surface area contributed by atoms with Gasteiger partial charge in [-0.3, -0.25) is 9.59 Å². The number of aryl methyl sites for hydroxylation is 2. The first-order chi connectivity index (χ1) is 9.97. The largest absolute Gasteiger partial charge is 0.367 e. The average molecular weight is 283 g/mol. The summed E-state index contributed by atoms with van der Waals surface area (Å²) in [4.78, 5) is 23.9. The molecule has 2 aromatic rings. The van der Waals surface area contributed by atoms with Crippen molar-refractivity contribution in [2.45, 2.75) is 20.1 Å². The lowest BCUT2D eigenvalue weighted by molar-refractivity contribution is 0.0607. The normalized spacial score (nSPS) is 11.8. The van der Waals surface area contributed by atoms with Crippen LogP contribution in [0.5, 0.6) is 0 Å². The van der Waals surface area contributed by atoms with Crippen molar-refractivity contribution in [3.63, 3.8) is 0 Å². The van der Waals surface area contributed by atoms with Gasteiger partial charge >= 0.3 is 0 Å². The van der Waals surface area contributed by atoms with E-state index < -0.39 is 17.9 Å². The van der Waals surface area contributed by atoms with Crippen molar-refractivity contribution < 1.29 is 14.7 Å². The van der Waals surface area contributed by atoms with E-state index in [1.807, 2.05) is 13.8 Å². The van der Waals surface area contributed by atoms with E-state index >= 15 is 0 Å². The molecule has 0 aliphatic rings. The van der Waals surface area contributed by atoms with Crippen LogP contribution in [0.4, 0.5) is 0 Å². The van der Waals surface area contributed by atoms with E-state index in [4.69, 9.17) is 0 Å². The van der Waals surface area contributed by atoms with E-state index in [0.717, 1.165) is 11.1 Å². The van der Waals surface area contributed by atoms with Crippen molar-refractivity contribution in [2.24, 2.45) is 0 Å². The number of rotatable bonds is 4. The molecule has 0 saturated heterocycles. The summed E-state index contributed by atoms with van der Waals surface area (Å²) in [5, 5.41) is 12.1. The number of aliphatic hydroxyl groups is 1. The van der Waals surface area contributed by atoms with Crippen molar-refractivity contribution in [2.75, 3.05) is 0 Å². The van der Waals surface area contributed by atoms with Crippen LogP contribution in [0.15, 0.2) is 48.5 Å². The first-order valence-electron chi connectivity index (χ1n) is 6.64. The zero-order chi connectivity index (χ0) is 15.4. The maximum Gasteiger partial charge on any atom is 0.253 e. The second-order valence-electron chi connectivity index (χ2n) is 4.97. The minimum Gasteiger partial charge on any atom is -0.367 e. The molecule has 4 heteroatoms. The molecule has 1 atom stereocenters. The molecule has 0 aliphatic heterocycles. The molecule has 108 valence electrons. The lowest BCUT2D eigenvalue weighted by Crippen LogP contribution is -2.40. The van der Waals surface area contributed by atoms with Gasteiger partial charge in [0.2, 0.25) is 5.78 Å². The second-order valence-corrected chi connectivity index (χ2v) is 4.97. The summed E-state index contributed by atoms with van der Waals surface area (Å²) >= 11 is 0. The Balaban J connectivity index is 2.05. The summed E-state index contributed by atoms with van der Waals surface area (Å²) in [5.74, 6) is -1.02. The first-order valence-corrected chi connectivity index (χ1v) is 6.64. The summed E-state index contributed by atoms with van der Waals surface area (Å²) in [6, 6.07) is 13.7. The highest BCUT2D eigenvalue weighted by atomic mass is 16.3. The predicted octanol–water partition coefficient (Wildman–Crippen LogP) is 2.23. The fraction of sp³-hybridized carbons (Fsp3) is 0.176. The van der Waals surface area contributed by atoms with Crippen LogP contribution in [0.3, 0.4) is 0 Å². The van der Waals surface area contributed by atoms with E-state index in [2.05, 4.69) is 5.32 Å². The van der Waals surface area contributed by atoms with Crippen molar-refractivity contribution in [1.29, 1.82) is 0 Å². The van der Waals surface area contributed by atoms with Gasteiger partial charge in [0.1, 0.15) is 0 Å². The van der Waals surface area contributed by atoms with Gasteiger partial charge < -0.3 is 10.4 Å². The Labute approximate surface area is 123 Å². The molecule has 0 aromatic heterocycles. The quantitative estimate of drug-likeness (QED) is 0.668. The number of benzene rings is 2. The molecule has 0 spiro atoms. The summed E-state index contributed by atoms with van der Waals surface area (Å²) in [5.41, 5.74) is 2.81. The molecule has 2 N–H and O–H groups in total. The molecule has 4 nitrogen and oxygen atoms in total. The van der Waals surface area contributed by atoms with Crippen LogP contribution in [0, 0.1) is 13.8 Å². The molecule has 0 heterocycles. The SMILES string of the molecule is Cc1ccc(C(=O)NC(O)C(=O)c2ccc(C)cc2)cc1. The maximum absolute atomic E-state index is 12.0. The van der Waals surface area contributed by atoms with Crippen LogP contribution in [0.25, 0.3) is 0 Å². The number of nitrogens with one attached hydrogen (secondary N) is 1. The third-order valence-corrected chi connectivity index (χ3v) is 3.17. The fourth-order valence-electron chi connectivity index (χ4n) is 1.85. The molecule has 0 radical (unpaired) electrons. The molecule has 1 unspecified atom stereocenters. The lowest BCUT2D eigenvalue weighted by atomic mass is 10.1. The number of carbonyl (C=O) groups is 2. The molecular formula is C17H17NO3. The van der Waals surface area contributed by atoms with E-state index in [0.29, 0.717) is 11.1 Å². The van der Waals surface area contributed by atoms with Crippen LogP contribution in [-0.4, -0.2) is 23.0 Å². The topological polar surface area (TPSA) is 66.4 Å². The van der Waals surface area contributed by atoms with Gasteiger partial charge in [0.05, 0.1) is 0 Å². The highest BCUT2D eigenvalue weighted by molar-refractivity contribution is 6.03. The van der Waals surface area contributed by atoms with E-state index in [9.17, 15) is 14.7 Å². The number of aliphatic hydroxyl groups excluding tert-OH is 1. The zero-order valence-corrected chi connectivity index (χ0v) is 12.0. The van der Waals surface area contributed by atoms with Gasteiger partial charge in [-0.15, -0.1) is 0 Å². The van der Waals surface area contributed by atoms with Crippen molar-refractivity contribution >= 4 is 11.7 Å². The van der Waals surface area contributed by atoms with Crippen molar-refractivity contribution in [3.8, 4) is 0 Å². The first kappa shape index (κ1) is 14.9. The number of hydrogen-bond acceptors (Lipinski definition) is 3. The van der Waals surface area contributed by atoms with Crippen LogP contribution in [0.1, 0.15) is 31.8 Å². The average Bonchev–Trinajstić information content (AvgIpc) is 2.47. The van der Waals surface area contributed by atoms with E-state index in [-0.39, 0.29) is 0 Å². The maximum atomic E-state index is 12.0. The Morgan fingerprint density at radius 2 is 1.29 bits per heavy atom. The summed E-state index contributed by atoms with van der Waals surface area (Å²) in [6.07, 6.45) is -1.55. The van der Waals surface area contributed by atoms with Crippen molar-refractivity contribution in [3.05, 3.63) is 70.8 Å². The highest BCUT2D eigenvalue weighted by Gasteiger charge is 2.19. The highest BCUT2D eigenvalue weighted by Crippen LogP contribution is 2.07. The smallest absolute Gasteiger partial charge is 0.253 e. The van der Waals surface area contributed by atoms with Gasteiger partial charge in [0.15, 0.2) is 6.23 Å². The third-order valence-electron chi connectivity index (χ3n) is 3.17. The Hall–Kier alpha value is -2.46. The second kappa shape index (κ2) is 6.33. The van der Waals surface area contributed by atoms with Gasteiger partial charge in [-0.25, -0.2) is 0 Å². The minimum atomic E-state index is -1.55. The van der Waals surface area contributed by atoms with Crippen LogP contribution < -0.4 is 5.32 Å². The molecule has 0 saturated carbocycles. The minimum absolute atomic E-state index is 0.359. The zero-order valence-electron chi connectivity index (χ0n) is 12.0. The molecule has 0 fully saturated rings. The van der Waals surface area contributed by atoms with E-state index in [1.165, 1.54) is 0 Å². The Morgan fingerprint density at radius 1 is 0.857 bits per heavy atom. The standard InChI is InChI=1S/C17H17NO3/c1-11-3-7-13(8-4-11)15(19)17(21)18-16(20)14-9-5-12(2)6-10-14/h3-10,17,21H,1-2H3,(H,18,20). The van der Waals surface area contributed by atoms with Gasteiger partial charge in [-0.05, 0) is 26.0 Å². The molecule has 2 rings (SSSR count). The summed E-state index contributed by atoms with van der Waals surface area (Å²) in [7, 11) is 0. The molecule has 21 heavy (non-hydrogen) atoms. The van der Waals surface area contributed by atoms with Crippen molar-refractivity contribution in [1.82, 2.24) is 5.32 Å². The molecule has 0 aliphatic carbocycles. The monoisotopic (exact) mass is 283 g/mol. The van der Waals surface area contributed by atoms with E-state index in [1.54, 1.807) is 48.5 Å². The van der Waals surface area contributed by atoms with Crippen LogP contribution in [0.2, 0.25) is 0 Å². The summed E-state index contributed by atoms with van der Waals surface area (Å²) in [6.45, 7) is 3.82. The van der Waals surface area contributed by atoms with Gasteiger partial charge in [-0.1, -0.05) is 47.5 Å². The number of amides is 1. The van der Waals surface area contributed by atoms with Crippen LogP contribution >= 0.6 is 0 Å². The molecule has 0 bridgehead atoms. The number of carbonyl (C=O) groups excluding carboxylic acids is 2. The number of hydrogen-bond donors (Lipinski definition) is 2. The molecule has 2 aromatic carbocycles. The van der Waals surface area contributed by atoms with Gasteiger partial charge in [0, 0.05) is 11.1 Å². The number of Topliss-reactive ketones (excluding diaryl/α,β-unsaturated/α-hetero) is 1. The Morgan fingerprint density at radius 3 is 1.76 bits per heavy atom. The fourth-order valence-corrected chi connectivity index (χ4v) is 1.85. The lowest BCUT2D eigenvalue weighted by Gasteiger charge is -2.12. The van der Waals surface area contributed by atoms with Gasteiger partial charge in [-0.2, -0.15) is 0 Å². The number of ketones is 1. The van der Waals surface area contributed by atoms with Crippen LogP contribution in [-0.2, 0) is 0 Å². The molecule has 1 amide bonds. The van der Waals surface area contributed by atoms with Gasteiger partial charge in [0.25, 0.3) is 5.91 Å². The molecular weight excluding hydrogens is 266 g/mol. The third kappa shape index (κ3) is 3.77. The predicted molar refractivity (Wildman–Crippen MR) is 80.2 cm³/mol. The Bertz CT molecular complexity index is 645. The summed E-state index contributed by atoms with van der Waals surface area (Å²) < 4.78 is 0.